The number of β-lactam (4-membered cyclic amide) rings is 1. The van der Waals surface area contributed by atoms with Gasteiger partial charge in [-0.05, 0) is 25.1 Å². The molecule has 0 spiro atoms. The molecule has 0 saturated carbocycles. The minimum absolute atomic E-state index is 0.0488. The van der Waals surface area contributed by atoms with Crippen LogP contribution in [0.4, 0.5) is 4.79 Å². The lowest BCUT2D eigenvalue weighted by Gasteiger charge is -2.46. The Morgan fingerprint density at radius 1 is 1.36 bits per heavy atom. The van der Waals surface area contributed by atoms with Crippen LogP contribution in [0.15, 0.2) is 12.7 Å². The molecule has 2 amide bonds. The minimum atomic E-state index is -1.99. The molecule has 0 aromatic carbocycles. The van der Waals surface area contributed by atoms with Crippen molar-refractivity contribution in [2.45, 2.75) is 64.4 Å². The number of Topliss-reactive ketones (excluding diaryl/α,β-unsaturated/α-hetero) is 1. The third kappa shape index (κ3) is 4.83. The standard InChI is InChI=1S/C20H34N2O5Si/c1-8-9-26-19(25)22-11-14(12-22)16(23)10-15-17(18(24)21-15)13(2)27-28(6,7)20(3,4)5/h8,13-15,17H,1,9-12H2,2-7H3,(H,21,24)/t13-,15-,17-/m1/s1. The van der Waals surface area contributed by atoms with E-state index in [4.69, 9.17) is 9.16 Å². The fourth-order valence-electron chi connectivity index (χ4n) is 3.32. The lowest BCUT2D eigenvalue weighted by Crippen LogP contribution is -2.65. The van der Waals surface area contributed by atoms with Crippen LogP contribution in [0, 0.1) is 11.8 Å². The molecule has 1 N–H and O–H groups in total. The maximum atomic E-state index is 12.6. The second-order valence-electron chi connectivity index (χ2n) is 9.36. The Bertz CT molecular complexity index is 637. The molecule has 0 bridgehead atoms. The third-order valence-electron chi connectivity index (χ3n) is 6.20. The molecule has 0 radical (unpaired) electrons. The molecule has 158 valence electrons. The van der Waals surface area contributed by atoms with Gasteiger partial charge in [0, 0.05) is 25.6 Å². The van der Waals surface area contributed by atoms with Gasteiger partial charge in [0.2, 0.25) is 5.91 Å². The van der Waals surface area contributed by atoms with Crippen LogP contribution in [0.3, 0.4) is 0 Å². The molecular formula is C20H34N2O5Si. The van der Waals surface area contributed by atoms with Gasteiger partial charge in [0.1, 0.15) is 12.4 Å². The highest BCUT2D eigenvalue weighted by atomic mass is 28.4. The number of carbonyl (C=O) groups is 3. The van der Waals surface area contributed by atoms with E-state index in [0.717, 1.165) is 0 Å². The monoisotopic (exact) mass is 410 g/mol. The highest BCUT2D eigenvalue weighted by molar-refractivity contribution is 6.74. The molecule has 0 aromatic heterocycles. The summed E-state index contributed by atoms with van der Waals surface area (Å²) in [7, 11) is -1.99. The predicted octanol–water partition coefficient (Wildman–Crippen LogP) is 2.72. The van der Waals surface area contributed by atoms with Crippen LogP contribution in [0.5, 0.6) is 0 Å². The molecule has 2 fully saturated rings. The molecule has 0 aliphatic carbocycles. The summed E-state index contributed by atoms with van der Waals surface area (Å²) in [4.78, 5) is 37.9. The van der Waals surface area contributed by atoms with Crippen molar-refractivity contribution in [3.05, 3.63) is 12.7 Å². The van der Waals surface area contributed by atoms with Crippen LogP contribution in [0.25, 0.3) is 0 Å². The molecule has 2 saturated heterocycles. The summed E-state index contributed by atoms with van der Waals surface area (Å²) in [6.45, 7) is 17.1. The number of ether oxygens (including phenoxy) is 1. The quantitative estimate of drug-likeness (QED) is 0.378. The first-order chi connectivity index (χ1) is 12.9. The second kappa shape index (κ2) is 8.37. The Labute approximate surface area is 168 Å². The summed E-state index contributed by atoms with van der Waals surface area (Å²) >= 11 is 0. The Kier molecular flexibility index (Phi) is 6.76. The molecule has 2 aliphatic heterocycles. The Morgan fingerprint density at radius 2 is 1.96 bits per heavy atom. The molecule has 2 rings (SSSR count). The van der Waals surface area contributed by atoms with E-state index in [1.165, 1.54) is 11.0 Å². The van der Waals surface area contributed by atoms with Crippen molar-refractivity contribution in [2.75, 3.05) is 19.7 Å². The molecule has 0 unspecified atom stereocenters. The van der Waals surface area contributed by atoms with Gasteiger partial charge in [0.05, 0.1) is 17.9 Å². The zero-order chi connectivity index (χ0) is 21.3. The van der Waals surface area contributed by atoms with Crippen LogP contribution in [-0.4, -0.2) is 62.8 Å². The van der Waals surface area contributed by atoms with Crippen molar-refractivity contribution < 1.29 is 23.5 Å². The van der Waals surface area contributed by atoms with Gasteiger partial charge in [-0.3, -0.25) is 9.59 Å². The largest absolute Gasteiger partial charge is 0.445 e. The van der Waals surface area contributed by atoms with E-state index in [0.29, 0.717) is 13.1 Å². The summed E-state index contributed by atoms with van der Waals surface area (Å²) in [5.41, 5.74) is 0. The summed E-state index contributed by atoms with van der Waals surface area (Å²) in [5.74, 6) is -0.465. The fourth-order valence-corrected chi connectivity index (χ4v) is 4.75. The van der Waals surface area contributed by atoms with Crippen molar-refractivity contribution in [1.29, 1.82) is 0 Å². The maximum Gasteiger partial charge on any atom is 0.410 e. The van der Waals surface area contributed by atoms with Crippen molar-refractivity contribution >= 4 is 26.1 Å². The molecular weight excluding hydrogens is 376 g/mol. The molecule has 2 heterocycles. The zero-order valence-electron chi connectivity index (χ0n) is 17.9. The van der Waals surface area contributed by atoms with Crippen LogP contribution in [-0.2, 0) is 18.8 Å². The maximum absolute atomic E-state index is 12.6. The van der Waals surface area contributed by atoms with Gasteiger partial charge in [0.15, 0.2) is 8.32 Å². The number of amides is 2. The van der Waals surface area contributed by atoms with Crippen LogP contribution >= 0.6 is 0 Å². The lowest BCUT2D eigenvalue weighted by atomic mass is 9.80. The van der Waals surface area contributed by atoms with E-state index in [1.807, 2.05) is 6.92 Å². The predicted molar refractivity (Wildman–Crippen MR) is 109 cm³/mol. The first-order valence-corrected chi connectivity index (χ1v) is 12.8. The highest BCUT2D eigenvalue weighted by Crippen LogP contribution is 2.39. The SMILES string of the molecule is C=CCOC(=O)N1CC(C(=O)C[C@H]2NC(=O)[C@@H]2[C@@H](C)O[Si](C)(C)C(C)(C)C)C1. The number of nitrogens with one attached hydrogen (secondary N) is 1. The van der Waals surface area contributed by atoms with E-state index in [9.17, 15) is 14.4 Å². The minimum Gasteiger partial charge on any atom is -0.445 e. The van der Waals surface area contributed by atoms with Gasteiger partial charge in [-0.1, -0.05) is 33.4 Å². The number of carbonyl (C=O) groups excluding carboxylic acids is 3. The smallest absolute Gasteiger partial charge is 0.410 e. The zero-order valence-corrected chi connectivity index (χ0v) is 18.9. The fraction of sp³-hybridized carbons (Fsp3) is 0.750. The van der Waals surface area contributed by atoms with Gasteiger partial charge in [-0.2, -0.15) is 0 Å². The van der Waals surface area contributed by atoms with Crippen molar-refractivity contribution in [3.63, 3.8) is 0 Å². The topological polar surface area (TPSA) is 84.9 Å². The highest BCUT2D eigenvalue weighted by Gasteiger charge is 2.49. The van der Waals surface area contributed by atoms with Crippen molar-refractivity contribution in [1.82, 2.24) is 10.2 Å². The van der Waals surface area contributed by atoms with E-state index < -0.39 is 14.4 Å². The molecule has 8 heteroatoms. The number of hydrogen-bond donors (Lipinski definition) is 1. The van der Waals surface area contributed by atoms with Crippen LogP contribution in [0.1, 0.15) is 34.1 Å². The molecule has 3 atom stereocenters. The second-order valence-corrected chi connectivity index (χ2v) is 14.1. The molecule has 0 aromatic rings. The van der Waals surface area contributed by atoms with E-state index in [1.54, 1.807) is 0 Å². The lowest BCUT2D eigenvalue weighted by molar-refractivity contribution is -0.142. The number of likely N-dealkylation sites (tertiary alicyclic amines) is 1. The van der Waals surface area contributed by atoms with Crippen molar-refractivity contribution in [2.24, 2.45) is 11.8 Å². The number of rotatable bonds is 8. The Morgan fingerprint density at radius 3 is 2.46 bits per heavy atom. The summed E-state index contributed by atoms with van der Waals surface area (Å²) in [6, 6.07) is -0.193. The summed E-state index contributed by atoms with van der Waals surface area (Å²) in [5, 5.41) is 2.91. The first-order valence-electron chi connectivity index (χ1n) is 9.91. The molecule has 2 aliphatic rings. The van der Waals surface area contributed by atoms with Crippen LogP contribution in [0.2, 0.25) is 18.1 Å². The summed E-state index contributed by atoms with van der Waals surface area (Å²) in [6.07, 6.45) is 1.14. The van der Waals surface area contributed by atoms with Gasteiger partial charge in [-0.25, -0.2) is 4.79 Å². The summed E-state index contributed by atoms with van der Waals surface area (Å²) < 4.78 is 11.3. The normalized spacial score (nSPS) is 23.9. The van der Waals surface area contributed by atoms with Crippen molar-refractivity contribution in [3.8, 4) is 0 Å². The van der Waals surface area contributed by atoms with Gasteiger partial charge in [0.25, 0.3) is 0 Å². The molecule has 28 heavy (non-hydrogen) atoms. The van der Waals surface area contributed by atoms with Crippen LogP contribution < -0.4 is 5.32 Å². The Hall–Kier alpha value is -1.67. The number of nitrogens with zero attached hydrogens (tertiary/aromatic N) is 1. The van der Waals surface area contributed by atoms with E-state index in [2.05, 4.69) is 45.8 Å². The average Bonchev–Trinajstić information content (AvgIpc) is 2.48. The third-order valence-corrected chi connectivity index (χ3v) is 10.8. The van der Waals surface area contributed by atoms with E-state index >= 15 is 0 Å². The van der Waals surface area contributed by atoms with Gasteiger partial charge in [-0.15, -0.1) is 0 Å². The first kappa shape index (κ1) is 22.6. The van der Waals surface area contributed by atoms with Gasteiger partial charge < -0.3 is 19.4 Å². The molecule has 7 nitrogen and oxygen atoms in total. The number of ketones is 1. The number of hydrogen-bond acceptors (Lipinski definition) is 5. The Balaban J connectivity index is 1.84. The van der Waals surface area contributed by atoms with E-state index in [-0.39, 0.29) is 53.7 Å². The average molecular weight is 411 g/mol. The van der Waals surface area contributed by atoms with Gasteiger partial charge >= 0.3 is 6.09 Å².